The molecule has 3 saturated heterocycles. The van der Waals surface area contributed by atoms with Crippen LogP contribution in [0, 0.1) is 11.8 Å². The molecule has 0 aromatic heterocycles. The Morgan fingerprint density at radius 1 is 1.36 bits per heavy atom. The van der Waals surface area contributed by atoms with E-state index in [-0.39, 0.29) is 29.9 Å². The molecule has 0 radical (unpaired) electrons. The van der Waals surface area contributed by atoms with Gasteiger partial charge < -0.3 is 24.4 Å². The number of likely N-dealkylation sites (tertiary alicyclic amines) is 1. The molecule has 0 saturated carbocycles. The molecule has 3 fully saturated rings. The van der Waals surface area contributed by atoms with Crippen molar-refractivity contribution < 1.29 is 29.0 Å². The van der Waals surface area contributed by atoms with Crippen molar-refractivity contribution in [2.24, 2.45) is 11.8 Å². The van der Waals surface area contributed by atoms with E-state index >= 15 is 0 Å². The van der Waals surface area contributed by atoms with E-state index < -0.39 is 41.1 Å². The van der Waals surface area contributed by atoms with Crippen molar-refractivity contribution in [3.63, 3.8) is 0 Å². The van der Waals surface area contributed by atoms with Crippen molar-refractivity contribution in [3.05, 3.63) is 12.7 Å². The highest BCUT2D eigenvalue weighted by molar-refractivity contribution is 9.09. The summed E-state index contributed by atoms with van der Waals surface area (Å²) in [7, 11) is 0. The summed E-state index contributed by atoms with van der Waals surface area (Å²) < 4.78 is 11.8. The fourth-order valence-corrected chi connectivity index (χ4v) is 6.64. The minimum Gasteiger partial charge on any atom is -0.466 e. The molecule has 0 aliphatic carbocycles. The lowest BCUT2D eigenvalue weighted by molar-refractivity contribution is -0.155. The number of fused-ring (bicyclic) bond motifs is 1. The van der Waals surface area contributed by atoms with Crippen LogP contribution in [0.3, 0.4) is 0 Å². The standard InChI is InChI=1S/C24H37BrN2O6/c1-6-11-27(23(3,4)5)21(30)19-24-14-15(25)18(33-24)16(22(31)32-7-2)17(24)20(29)26(19)12-9-8-10-13-28/h6,15-19,28H,1,7-14H2,2-5H3/t15?,16-,17+,18-,19-,24+/m1/s1. The van der Waals surface area contributed by atoms with Crippen LogP contribution in [0.4, 0.5) is 0 Å². The summed E-state index contributed by atoms with van der Waals surface area (Å²) in [4.78, 5) is 44.0. The number of nitrogens with zero attached hydrogens (tertiary/aromatic N) is 2. The zero-order valence-electron chi connectivity index (χ0n) is 20.1. The Balaban J connectivity index is 2.03. The molecule has 33 heavy (non-hydrogen) atoms. The first-order valence-corrected chi connectivity index (χ1v) is 12.8. The van der Waals surface area contributed by atoms with Gasteiger partial charge in [-0.05, 0) is 53.4 Å². The van der Waals surface area contributed by atoms with E-state index in [1.54, 1.807) is 22.8 Å². The van der Waals surface area contributed by atoms with Gasteiger partial charge in [0.05, 0.1) is 24.5 Å². The van der Waals surface area contributed by atoms with E-state index in [0.29, 0.717) is 32.4 Å². The van der Waals surface area contributed by atoms with E-state index in [2.05, 4.69) is 22.5 Å². The van der Waals surface area contributed by atoms with Crippen molar-refractivity contribution in [2.45, 2.75) is 81.5 Å². The Morgan fingerprint density at radius 3 is 2.64 bits per heavy atom. The number of halogens is 1. The molecule has 186 valence electrons. The van der Waals surface area contributed by atoms with Crippen LogP contribution in [-0.4, -0.2) is 87.1 Å². The summed E-state index contributed by atoms with van der Waals surface area (Å²) >= 11 is 3.65. The average Bonchev–Trinajstić information content (AvgIpc) is 3.32. The molecule has 6 atom stereocenters. The third-order valence-electron chi connectivity index (χ3n) is 7.03. The van der Waals surface area contributed by atoms with Crippen LogP contribution in [0.15, 0.2) is 12.7 Å². The van der Waals surface area contributed by atoms with E-state index in [4.69, 9.17) is 14.6 Å². The minimum absolute atomic E-state index is 0.0843. The third kappa shape index (κ3) is 4.48. The molecule has 0 aromatic carbocycles. The molecule has 3 aliphatic heterocycles. The first-order chi connectivity index (χ1) is 15.5. The van der Waals surface area contributed by atoms with Crippen LogP contribution in [0.2, 0.25) is 0 Å². The van der Waals surface area contributed by atoms with E-state index in [1.165, 1.54) is 0 Å². The number of hydrogen-bond acceptors (Lipinski definition) is 6. The summed E-state index contributed by atoms with van der Waals surface area (Å²) in [6.45, 7) is 12.4. The number of amides is 2. The number of esters is 1. The summed E-state index contributed by atoms with van der Waals surface area (Å²) in [6, 6.07) is -0.826. The molecule has 2 bridgehead atoms. The lowest BCUT2D eigenvalue weighted by Gasteiger charge is -2.42. The van der Waals surface area contributed by atoms with E-state index in [9.17, 15) is 14.4 Å². The van der Waals surface area contributed by atoms with Crippen molar-refractivity contribution in [1.82, 2.24) is 9.80 Å². The maximum absolute atomic E-state index is 14.1. The molecule has 3 rings (SSSR count). The van der Waals surface area contributed by atoms with E-state index in [0.717, 1.165) is 6.42 Å². The molecule has 9 heteroatoms. The Kier molecular flexibility index (Phi) is 7.96. The lowest BCUT2D eigenvalue weighted by Crippen LogP contribution is -2.60. The number of aliphatic hydroxyl groups is 1. The number of ether oxygens (including phenoxy) is 2. The number of alkyl halides is 1. The lowest BCUT2D eigenvalue weighted by atomic mass is 9.70. The fraction of sp³-hybridized carbons (Fsp3) is 0.792. The average molecular weight is 529 g/mol. The van der Waals surface area contributed by atoms with E-state index in [1.807, 2.05) is 20.8 Å². The van der Waals surface area contributed by atoms with Gasteiger partial charge in [-0.1, -0.05) is 22.0 Å². The zero-order chi connectivity index (χ0) is 24.6. The van der Waals surface area contributed by atoms with Crippen LogP contribution in [0.1, 0.15) is 53.4 Å². The topological polar surface area (TPSA) is 96.4 Å². The van der Waals surface area contributed by atoms with Gasteiger partial charge in [0.15, 0.2) is 0 Å². The van der Waals surface area contributed by atoms with Gasteiger partial charge in [0.2, 0.25) is 11.8 Å². The Labute approximate surface area is 204 Å². The predicted octanol–water partition coefficient (Wildman–Crippen LogP) is 2.27. The molecule has 2 amide bonds. The molecule has 1 N–H and O–H groups in total. The third-order valence-corrected chi connectivity index (χ3v) is 7.87. The van der Waals surface area contributed by atoms with Crippen LogP contribution in [0.25, 0.3) is 0 Å². The quantitative estimate of drug-likeness (QED) is 0.202. The number of aliphatic hydroxyl groups excluding tert-OH is 1. The molecule has 1 spiro atoms. The van der Waals surface area contributed by atoms with Gasteiger partial charge >= 0.3 is 5.97 Å². The molecule has 1 unspecified atom stereocenters. The molecule has 3 heterocycles. The second-order valence-electron chi connectivity index (χ2n) is 10.1. The summed E-state index contributed by atoms with van der Waals surface area (Å²) in [5.41, 5.74) is -1.57. The number of carbonyl (C=O) groups excluding carboxylic acids is 3. The van der Waals surface area contributed by atoms with Gasteiger partial charge in [-0.3, -0.25) is 14.4 Å². The van der Waals surface area contributed by atoms with Crippen molar-refractivity contribution in [3.8, 4) is 0 Å². The SMILES string of the molecule is C=CCN(C(=O)[C@H]1N(CCCCCO)C(=O)[C@@H]2[C@@H](C(=O)OCC)[C@@H]3O[C@@]21CC3Br)C(C)(C)C. The molecule has 8 nitrogen and oxygen atoms in total. The minimum atomic E-state index is -1.08. The van der Waals surface area contributed by atoms with Crippen LogP contribution in [0.5, 0.6) is 0 Å². The van der Waals surface area contributed by atoms with Crippen LogP contribution in [-0.2, 0) is 23.9 Å². The first-order valence-electron chi connectivity index (χ1n) is 11.9. The number of hydrogen-bond donors (Lipinski definition) is 1. The first kappa shape index (κ1) is 26.2. The largest absolute Gasteiger partial charge is 0.466 e. The van der Waals surface area contributed by atoms with Crippen molar-refractivity contribution in [1.29, 1.82) is 0 Å². The Hall–Kier alpha value is -1.45. The van der Waals surface area contributed by atoms with Crippen molar-refractivity contribution in [2.75, 3.05) is 26.3 Å². The predicted molar refractivity (Wildman–Crippen MR) is 127 cm³/mol. The maximum atomic E-state index is 14.1. The fourth-order valence-electron chi connectivity index (χ4n) is 5.70. The highest BCUT2D eigenvalue weighted by Crippen LogP contribution is 2.60. The van der Waals surface area contributed by atoms with Gasteiger partial charge in [-0.15, -0.1) is 6.58 Å². The summed E-state index contributed by atoms with van der Waals surface area (Å²) in [5, 5.41) is 9.14. The number of unbranched alkanes of at least 4 members (excludes halogenated alkanes) is 2. The van der Waals surface area contributed by atoms with Gasteiger partial charge in [0.1, 0.15) is 11.6 Å². The van der Waals surface area contributed by atoms with Crippen molar-refractivity contribution >= 4 is 33.7 Å². The Morgan fingerprint density at radius 2 is 2.06 bits per heavy atom. The van der Waals surface area contributed by atoms with Crippen LogP contribution >= 0.6 is 15.9 Å². The summed E-state index contributed by atoms with van der Waals surface area (Å²) in [6.07, 6.45) is 3.67. The highest BCUT2D eigenvalue weighted by atomic mass is 79.9. The Bertz CT molecular complexity index is 783. The van der Waals surface area contributed by atoms with Gasteiger partial charge in [-0.25, -0.2) is 0 Å². The van der Waals surface area contributed by atoms with Gasteiger partial charge in [0, 0.05) is 30.1 Å². The monoisotopic (exact) mass is 528 g/mol. The number of rotatable bonds is 10. The smallest absolute Gasteiger partial charge is 0.312 e. The molecule has 3 aliphatic rings. The van der Waals surface area contributed by atoms with Gasteiger partial charge in [-0.2, -0.15) is 0 Å². The zero-order valence-corrected chi connectivity index (χ0v) is 21.7. The number of carbonyl (C=O) groups is 3. The second-order valence-corrected chi connectivity index (χ2v) is 11.3. The van der Waals surface area contributed by atoms with Gasteiger partial charge in [0.25, 0.3) is 0 Å². The highest BCUT2D eigenvalue weighted by Gasteiger charge is 2.77. The molecule has 0 aromatic rings. The second kappa shape index (κ2) is 10.0. The maximum Gasteiger partial charge on any atom is 0.312 e. The summed E-state index contributed by atoms with van der Waals surface area (Å²) in [5.74, 6) is -2.34. The molecular weight excluding hydrogens is 492 g/mol. The molecular formula is C24H37BrN2O6. The normalized spacial score (nSPS) is 32.7. The van der Waals surface area contributed by atoms with Crippen LogP contribution < -0.4 is 0 Å².